The third kappa shape index (κ3) is 4.24. The molecule has 2 aromatic heterocycles. The average molecular weight is 426 g/mol. The van der Waals surface area contributed by atoms with Crippen molar-refractivity contribution < 1.29 is 9.47 Å². The molecule has 1 N–H and O–H groups in total. The van der Waals surface area contributed by atoms with Gasteiger partial charge in [-0.3, -0.25) is 0 Å². The first-order chi connectivity index (χ1) is 14.6. The van der Waals surface area contributed by atoms with Crippen molar-refractivity contribution in [2.24, 2.45) is 5.10 Å². The number of nitrogens with zero attached hydrogens (tertiary/aromatic N) is 4. The molecule has 0 saturated carbocycles. The summed E-state index contributed by atoms with van der Waals surface area (Å²) >= 11 is 5.40. The van der Waals surface area contributed by atoms with E-state index in [1.165, 1.54) is 11.4 Å². The number of hydrogen-bond acceptors (Lipinski definition) is 5. The molecule has 1 fully saturated rings. The molecule has 1 saturated heterocycles. The fraction of sp³-hybridized carbons (Fsp3) is 0.409. The Kier molecular flexibility index (Phi) is 6.15. The van der Waals surface area contributed by atoms with E-state index in [1.54, 1.807) is 4.68 Å². The Bertz CT molecular complexity index is 1090. The first-order valence-electron chi connectivity index (χ1n) is 10.3. The van der Waals surface area contributed by atoms with Crippen LogP contribution in [0.25, 0.3) is 11.4 Å². The van der Waals surface area contributed by atoms with Gasteiger partial charge in [0.05, 0.1) is 18.9 Å². The van der Waals surface area contributed by atoms with Gasteiger partial charge in [0.25, 0.3) is 0 Å². The third-order valence-corrected chi connectivity index (χ3v) is 5.67. The van der Waals surface area contributed by atoms with Crippen LogP contribution in [0.4, 0.5) is 0 Å². The number of H-pyrrole nitrogens is 1. The van der Waals surface area contributed by atoms with Crippen molar-refractivity contribution in [3.8, 4) is 17.1 Å². The predicted octanol–water partition coefficient (Wildman–Crippen LogP) is 4.49. The summed E-state index contributed by atoms with van der Waals surface area (Å²) in [4.78, 5) is 0. The highest BCUT2D eigenvalue weighted by atomic mass is 32.1. The van der Waals surface area contributed by atoms with E-state index in [0.717, 1.165) is 42.9 Å². The Morgan fingerprint density at radius 1 is 1.33 bits per heavy atom. The van der Waals surface area contributed by atoms with E-state index in [9.17, 15) is 0 Å². The molecule has 3 aromatic rings. The largest absolute Gasteiger partial charge is 0.494 e. The topological polar surface area (TPSA) is 69.4 Å². The number of aryl methyl sites for hydroxylation is 1. The fourth-order valence-corrected chi connectivity index (χ4v) is 3.98. The van der Waals surface area contributed by atoms with Crippen LogP contribution in [0.15, 0.2) is 35.4 Å². The van der Waals surface area contributed by atoms with E-state index in [2.05, 4.69) is 39.8 Å². The Morgan fingerprint density at radius 2 is 2.13 bits per heavy atom. The highest BCUT2D eigenvalue weighted by Crippen LogP contribution is 2.22. The molecule has 3 heterocycles. The van der Waals surface area contributed by atoms with Crippen LogP contribution >= 0.6 is 12.2 Å². The lowest BCUT2D eigenvalue weighted by Crippen LogP contribution is -2.16. The maximum absolute atomic E-state index is 5.81. The van der Waals surface area contributed by atoms with Crippen LogP contribution in [-0.2, 0) is 11.3 Å². The van der Waals surface area contributed by atoms with Gasteiger partial charge in [0.15, 0.2) is 5.82 Å². The molecule has 158 valence electrons. The molecule has 0 unspecified atom stereocenters. The Morgan fingerprint density at radius 3 is 2.83 bits per heavy atom. The molecule has 0 aliphatic carbocycles. The van der Waals surface area contributed by atoms with Crippen LogP contribution in [0.1, 0.15) is 36.7 Å². The minimum absolute atomic E-state index is 0.299. The van der Waals surface area contributed by atoms with Crippen LogP contribution in [0.2, 0.25) is 0 Å². The van der Waals surface area contributed by atoms with Crippen LogP contribution < -0.4 is 4.74 Å². The van der Waals surface area contributed by atoms with Crippen LogP contribution in [0.3, 0.4) is 0 Å². The zero-order chi connectivity index (χ0) is 21.1. The summed E-state index contributed by atoms with van der Waals surface area (Å²) < 4.78 is 15.7. The second-order valence-corrected chi connectivity index (χ2v) is 7.82. The second-order valence-electron chi connectivity index (χ2n) is 7.44. The fourth-order valence-electron chi connectivity index (χ4n) is 3.80. The van der Waals surface area contributed by atoms with Gasteiger partial charge >= 0.3 is 0 Å². The molecule has 30 heavy (non-hydrogen) atoms. The summed E-state index contributed by atoms with van der Waals surface area (Å²) in [7, 11) is 0. The van der Waals surface area contributed by atoms with E-state index >= 15 is 0 Å². The zero-order valence-electron chi connectivity index (χ0n) is 17.6. The summed E-state index contributed by atoms with van der Waals surface area (Å²) in [5.41, 5.74) is 4.34. The average Bonchev–Trinajstić information content (AvgIpc) is 3.45. The molecular weight excluding hydrogens is 398 g/mol. The van der Waals surface area contributed by atoms with E-state index in [4.69, 9.17) is 21.7 Å². The zero-order valence-corrected chi connectivity index (χ0v) is 18.4. The van der Waals surface area contributed by atoms with Gasteiger partial charge in [-0.1, -0.05) is 0 Å². The van der Waals surface area contributed by atoms with Crippen molar-refractivity contribution in [1.82, 2.24) is 19.4 Å². The van der Waals surface area contributed by atoms with Gasteiger partial charge in [-0.25, -0.2) is 5.10 Å². The molecule has 8 heteroatoms. The molecule has 1 aliphatic rings. The highest BCUT2D eigenvalue weighted by molar-refractivity contribution is 7.71. The van der Waals surface area contributed by atoms with Gasteiger partial charge in [0.1, 0.15) is 5.75 Å². The summed E-state index contributed by atoms with van der Waals surface area (Å²) in [6.45, 7) is 8.58. The van der Waals surface area contributed by atoms with E-state index in [-0.39, 0.29) is 0 Å². The predicted molar refractivity (Wildman–Crippen MR) is 120 cm³/mol. The first kappa shape index (κ1) is 20.6. The van der Waals surface area contributed by atoms with Gasteiger partial charge in [-0.2, -0.15) is 14.9 Å². The number of hydrogen-bond donors (Lipinski definition) is 1. The molecule has 7 nitrogen and oxygen atoms in total. The summed E-state index contributed by atoms with van der Waals surface area (Å²) in [5.74, 6) is 1.48. The third-order valence-electron chi connectivity index (χ3n) is 5.41. The molecule has 1 atom stereocenters. The molecule has 0 radical (unpaired) electrons. The monoisotopic (exact) mass is 425 g/mol. The van der Waals surface area contributed by atoms with E-state index in [0.29, 0.717) is 23.3 Å². The maximum atomic E-state index is 5.81. The van der Waals surface area contributed by atoms with Gasteiger partial charge in [-0.15, -0.1) is 0 Å². The minimum atomic E-state index is 0.299. The first-order valence-corrected chi connectivity index (χ1v) is 10.7. The molecular formula is C22H27N5O2S. The van der Waals surface area contributed by atoms with Crippen LogP contribution in [-0.4, -0.2) is 45.0 Å². The SMILES string of the molecule is CCOc1ccc(-c2n[nH]c(=S)n2/N=C\c2cc(C)n(C[C@@H]3CCCO3)c2C)cc1. The lowest BCUT2D eigenvalue weighted by atomic mass is 10.2. The molecule has 1 aromatic carbocycles. The van der Waals surface area contributed by atoms with Gasteiger partial charge in [0, 0.05) is 35.7 Å². The normalized spacial score (nSPS) is 16.6. The van der Waals surface area contributed by atoms with Crippen molar-refractivity contribution in [2.75, 3.05) is 13.2 Å². The van der Waals surface area contributed by atoms with Crippen molar-refractivity contribution in [3.63, 3.8) is 0 Å². The summed E-state index contributed by atoms with van der Waals surface area (Å²) in [6, 6.07) is 9.89. The molecule has 0 spiro atoms. The van der Waals surface area contributed by atoms with Crippen molar-refractivity contribution in [2.45, 2.75) is 46.3 Å². The number of ether oxygens (including phenoxy) is 2. The number of aromatic amines is 1. The van der Waals surface area contributed by atoms with Gasteiger partial charge < -0.3 is 14.0 Å². The second kappa shape index (κ2) is 8.97. The number of rotatable bonds is 7. The Hall–Kier alpha value is -2.71. The van der Waals surface area contributed by atoms with Gasteiger partial charge in [-0.05, 0) is 76.2 Å². The van der Waals surface area contributed by atoms with Crippen molar-refractivity contribution in [3.05, 3.63) is 52.1 Å². The summed E-state index contributed by atoms with van der Waals surface area (Å²) in [6.07, 6.45) is 4.41. The number of aromatic nitrogens is 4. The summed E-state index contributed by atoms with van der Waals surface area (Å²) in [5, 5.41) is 11.8. The standard InChI is InChI=1S/C22H27N5O2S/c1-4-28-19-9-7-17(8-10-19)21-24-25-22(30)27(21)23-13-18-12-15(2)26(16(18)3)14-20-6-5-11-29-20/h7-10,12-13,20H,4-6,11,14H2,1-3H3,(H,25,30)/b23-13-/t20-/m0/s1. The van der Waals surface area contributed by atoms with Crippen molar-refractivity contribution >= 4 is 18.4 Å². The smallest absolute Gasteiger partial charge is 0.216 e. The van der Waals surface area contributed by atoms with E-state index < -0.39 is 0 Å². The van der Waals surface area contributed by atoms with Crippen molar-refractivity contribution in [1.29, 1.82) is 0 Å². The molecule has 0 bridgehead atoms. The minimum Gasteiger partial charge on any atom is -0.494 e. The Balaban J connectivity index is 1.59. The maximum Gasteiger partial charge on any atom is 0.216 e. The number of benzene rings is 1. The van der Waals surface area contributed by atoms with Gasteiger partial charge in [0.2, 0.25) is 4.77 Å². The molecule has 4 rings (SSSR count). The molecule has 1 aliphatic heterocycles. The lowest BCUT2D eigenvalue weighted by Gasteiger charge is -2.14. The quantitative estimate of drug-likeness (QED) is 0.447. The van der Waals surface area contributed by atoms with Crippen LogP contribution in [0, 0.1) is 18.6 Å². The lowest BCUT2D eigenvalue weighted by molar-refractivity contribution is 0.0962. The Labute approximate surface area is 181 Å². The highest BCUT2D eigenvalue weighted by Gasteiger charge is 2.18. The number of nitrogens with one attached hydrogen (secondary N) is 1. The van der Waals surface area contributed by atoms with E-state index in [1.807, 2.05) is 37.4 Å². The molecule has 0 amide bonds. The van der Waals surface area contributed by atoms with Crippen LogP contribution in [0.5, 0.6) is 5.75 Å².